The molecule has 3 heteroatoms. The normalized spacial score (nSPS) is 10.0. The second kappa shape index (κ2) is 5.31. The van der Waals surface area contributed by atoms with Crippen LogP contribution in [0.2, 0.25) is 0 Å². The molecular weight excluding hydrogens is 120 g/mol. The maximum atomic E-state index is 10.4. The molecule has 0 aromatic rings. The van der Waals surface area contributed by atoms with Crippen molar-refractivity contribution in [1.82, 2.24) is 0 Å². The fourth-order valence-electron chi connectivity index (χ4n) is 0.326. The zero-order valence-electron chi connectivity index (χ0n) is 5.29. The van der Waals surface area contributed by atoms with Crippen molar-refractivity contribution in [3.8, 4) is 0 Å². The predicted molar refractivity (Wildman–Crippen MR) is 31.3 cm³/mol. The van der Waals surface area contributed by atoms with Gasteiger partial charge in [-0.15, -0.1) is 0 Å². The molecule has 0 rings (SSSR count). The van der Waals surface area contributed by atoms with Gasteiger partial charge in [-0.25, -0.2) is 9.90 Å². The molecule has 3 nitrogen and oxygen atoms in total. The molecule has 1 radical (unpaired) electrons. The molecule has 0 aliphatic carbocycles. The molecule has 0 fully saturated rings. The fraction of sp³-hybridized carbons (Fsp3) is 0.500. The Morgan fingerprint density at radius 2 is 2.33 bits per heavy atom. The molecule has 51 valence electrons. The number of carbonyl (C=O) groups is 1. The van der Waals surface area contributed by atoms with Crippen LogP contribution in [0, 0.1) is 0 Å². The molecule has 0 atom stereocenters. The summed E-state index contributed by atoms with van der Waals surface area (Å²) in [6.45, 7) is 1.30. The third kappa shape index (κ3) is 5.03. The van der Waals surface area contributed by atoms with Crippen LogP contribution in [0.4, 0.5) is 0 Å². The van der Waals surface area contributed by atoms with Crippen LogP contribution in [0.3, 0.4) is 0 Å². The van der Waals surface area contributed by atoms with E-state index in [0.717, 1.165) is 0 Å². The van der Waals surface area contributed by atoms with Crippen molar-refractivity contribution in [2.24, 2.45) is 0 Å². The van der Waals surface area contributed by atoms with E-state index in [9.17, 15) is 9.90 Å². The van der Waals surface area contributed by atoms with Gasteiger partial charge in [-0.05, 0) is 6.92 Å². The summed E-state index contributed by atoms with van der Waals surface area (Å²) < 4.78 is 4.39. The Balaban J connectivity index is 3.27. The van der Waals surface area contributed by atoms with E-state index in [1.807, 2.05) is 0 Å². The number of carbonyl (C=O) groups excluding carboxylic acids is 1. The molecule has 0 spiro atoms. The molecule has 0 aromatic carbocycles. The van der Waals surface area contributed by atoms with E-state index < -0.39 is 5.97 Å². The van der Waals surface area contributed by atoms with Gasteiger partial charge in [0.25, 0.3) is 0 Å². The molecular formula is C6H9O3. The molecule has 0 N–H and O–H groups in total. The summed E-state index contributed by atoms with van der Waals surface area (Å²) >= 11 is 0. The van der Waals surface area contributed by atoms with Crippen molar-refractivity contribution in [2.75, 3.05) is 13.2 Å². The lowest BCUT2D eigenvalue weighted by atomic mass is 10.5. The van der Waals surface area contributed by atoms with Gasteiger partial charge in [0.2, 0.25) is 0 Å². The average molecular weight is 129 g/mol. The van der Waals surface area contributed by atoms with Gasteiger partial charge in [0.05, 0.1) is 0 Å². The SMILES string of the molecule is CC=CC(=O)OCC[O]. The Labute approximate surface area is 53.9 Å². The molecule has 0 saturated carbocycles. The molecule has 0 saturated heterocycles. The van der Waals surface area contributed by atoms with Crippen LogP contribution in [-0.4, -0.2) is 19.2 Å². The van der Waals surface area contributed by atoms with Gasteiger partial charge in [0.1, 0.15) is 13.2 Å². The van der Waals surface area contributed by atoms with Crippen molar-refractivity contribution in [3.63, 3.8) is 0 Å². The van der Waals surface area contributed by atoms with Gasteiger partial charge >= 0.3 is 5.97 Å². The van der Waals surface area contributed by atoms with Gasteiger partial charge < -0.3 is 4.74 Å². The third-order valence-electron chi connectivity index (χ3n) is 0.630. The first kappa shape index (κ1) is 8.17. The van der Waals surface area contributed by atoms with Gasteiger partial charge in [0, 0.05) is 6.08 Å². The molecule has 0 heterocycles. The maximum absolute atomic E-state index is 10.4. The van der Waals surface area contributed by atoms with Crippen LogP contribution < -0.4 is 0 Å². The minimum atomic E-state index is -0.451. The summed E-state index contributed by atoms with van der Waals surface area (Å²) in [5.74, 6) is -0.451. The molecule has 0 aliphatic heterocycles. The van der Waals surface area contributed by atoms with E-state index in [2.05, 4.69) is 4.74 Å². The monoisotopic (exact) mass is 129 g/mol. The Morgan fingerprint density at radius 3 is 2.78 bits per heavy atom. The van der Waals surface area contributed by atoms with E-state index in [1.54, 1.807) is 13.0 Å². The first-order valence-corrected chi connectivity index (χ1v) is 2.68. The zero-order valence-corrected chi connectivity index (χ0v) is 5.29. The van der Waals surface area contributed by atoms with Crippen molar-refractivity contribution in [1.29, 1.82) is 0 Å². The minimum Gasteiger partial charge on any atom is -0.460 e. The van der Waals surface area contributed by atoms with Crippen LogP contribution in [0.1, 0.15) is 6.92 Å². The first-order valence-electron chi connectivity index (χ1n) is 2.68. The number of ether oxygens (including phenoxy) is 1. The topological polar surface area (TPSA) is 46.2 Å². The minimum absolute atomic E-state index is 0.0385. The Hall–Kier alpha value is -0.830. The molecule has 0 unspecified atom stereocenters. The van der Waals surface area contributed by atoms with E-state index in [-0.39, 0.29) is 13.2 Å². The standard InChI is InChI=1S/C6H9O3/c1-2-3-6(8)9-5-4-7/h2-3H,4-5H2,1H3. The summed E-state index contributed by atoms with van der Waals surface area (Å²) in [6.07, 6.45) is 2.84. The lowest BCUT2D eigenvalue weighted by molar-refractivity contribution is -0.139. The van der Waals surface area contributed by atoms with Crippen molar-refractivity contribution < 1.29 is 14.6 Å². The molecule has 0 aromatic heterocycles. The Morgan fingerprint density at radius 1 is 1.67 bits per heavy atom. The highest BCUT2D eigenvalue weighted by Gasteiger charge is 1.92. The van der Waals surface area contributed by atoms with Crippen LogP contribution in [0.15, 0.2) is 12.2 Å². The molecule has 0 amide bonds. The number of allylic oxidation sites excluding steroid dienone is 1. The summed E-state index contributed by atoms with van der Waals surface area (Å²) in [5, 5.41) is 9.74. The fourth-order valence-corrected chi connectivity index (χ4v) is 0.326. The van der Waals surface area contributed by atoms with Gasteiger partial charge in [-0.2, -0.15) is 0 Å². The average Bonchev–Trinajstić information content (AvgIpc) is 1.85. The summed E-state index contributed by atoms with van der Waals surface area (Å²) in [7, 11) is 0. The second-order valence-electron chi connectivity index (χ2n) is 1.37. The van der Waals surface area contributed by atoms with Crippen LogP contribution in [0.25, 0.3) is 0 Å². The predicted octanol–water partition coefficient (Wildman–Crippen LogP) is 0.536. The van der Waals surface area contributed by atoms with Gasteiger partial charge in [-0.1, -0.05) is 6.08 Å². The van der Waals surface area contributed by atoms with Crippen molar-refractivity contribution >= 4 is 5.97 Å². The lowest BCUT2D eigenvalue weighted by Crippen LogP contribution is -2.04. The molecule has 0 bridgehead atoms. The highest BCUT2D eigenvalue weighted by molar-refractivity contribution is 5.81. The number of hydrogen-bond donors (Lipinski definition) is 0. The summed E-state index contributed by atoms with van der Waals surface area (Å²) in [6, 6.07) is 0. The smallest absolute Gasteiger partial charge is 0.330 e. The third-order valence-corrected chi connectivity index (χ3v) is 0.630. The largest absolute Gasteiger partial charge is 0.460 e. The van der Waals surface area contributed by atoms with Gasteiger partial charge in [-0.3, -0.25) is 0 Å². The molecule has 0 aliphatic rings. The van der Waals surface area contributed by atoms with E-state index >= 15 is 0 Å². The van der Waals surface area contributed by atoms with E-state index in [1.165, 1.54) is 6.08 Å². The van der Waals surface area contributed by atoms with Crippen molar-refractivity contribution in [3.05, 3.63) is 12.2 Å². The van der Waals surface area contributed by atoms with Crippen LogP contribution in [-0.2, 0) is 14.6 Å². The highest BCUT2D eigenvalue weighted by atomic mass is 16.5. The summed E-state index contributed by atoms with van der Waals surface area (Å²) in [5.41, 5.74) is 0. The van der Waals surface area contributed by atoms with Crippen LogP contribution in [0.5, 0.6) is 0 Å². The Bertz CT molecular complexity index is 107. The number of hydrogen-bond acceptors (Lipinski definition) is 2. The number of rotatable bonds is 3. The van der Waals surface area contributed by atoms with E-state index in [4.69, 9.17) is 0 Å². The van der Waals surface area contributed by atoms with E-state index in [0.29, 0.717) is 0 Å². The first-order chi connectivity index (χ1) is 4.31. The van der Waals surface area contributed by atoms with Crippen molar-refractivity contribution in [2.45, 2.75) is 6.92 Å². The molecule has 9 heavy (non-hydrogen) atoms. The second-order valence-corrected chi connectivity index (χ2v) is 1.37. The highest BCUT2D eigenvalue weighted by Crippen LogP contribution is 1.79. The lowest BCUT2D eigenvalue weighted by Gasteiger charge is -1.94. The zero-order chi connectivity index (χ0) is 7.11. The maximum Gasteiger partial charge on any atom is 0.330 e. The summed E-state index contributed by atoms with van der Waals surface area (Å²) in [4.78, 5) is 10.4. The number of esters is 1. The van der Waals surface area contributed by atoms with Crippen LogP contribution >= 0.6 is 0 Å². The van der Waals surface area contributed by atoms with Gasteiger partial charge in [0.15, 0.2) is 0 Å². The quantitative estimate of drug-likeness (QED) is 0.412. The Kier molecular flexibility index (Phi) is 4.82.